The standard InChI is InChI=1S/C26H26N9O4/c1-3-38-24-13-19(8-11-23(24)37-2)21-5-4-12-35(34-21)25(36)16-39-30-15-18-6-9-20(10-7-18)31-32-22(14-27)26-28-17-29-33-26/h6-11,13,15,17H,3-5,12,16H2,1-2H3,(H,28,29,33)/q-1/b30-15+,32-31?. The van der Waals surface area contributed by atoms with Crippen LogP contribution in [0.15, 0.2) is 69.3 Å². The Morgan fingerprint density at radius 2 is 2.08 bits per heavy atom. The fourth-order valence-electron chi connectivity index (χ4n) is 3.59. The van der Waals surface area contributed by atoms with Gasteiger partial charge in [-0.2, -0.15) is 10.2 Å². The summed E-state index contributed by atoms with van der Waals surface area (Å²) in [4.78, 5) is 21.7. The molecule has 0 saturated heterocycles. The second-order valence-corrected chi connectivity index (χ2v) is 8.06. The molecule has 0 unspecified atom stereocenters. The highest BCUT2D eigenvalue weighted by Gasteiger charge is 2.20. The van der Waals surface area contributed by atoms with Crippen LogP contribution in [-0.4, -0.2) is 70.8 Å². The number of carbonyl (C=O) groups is 1. The summed E-state index contributed by atoms with van der Waals surface area (Å²) in [5, 5.41) is 33.2. The van der Waals surface area contributed by atoms with Crippen molar-refractivity contribution in [2.45, 2.75) is 19.8 Å². The van der Waals surface area contributed by atoms with Crippen LogP contribution >= 0.6 is 0 Å². The minimum atomic E-state index is -0.296. The lowest BCUT2D eigenvalue weighted by Gasteiger charge is -2.23. The molecule has 0 saturated carbocycles. The van der Waals surface area contributed by atoms with Crippen molar-refractivity contribution >= 4 is 35.1 Å². The van der Waals surface area contributed by atoms with Crippen molar-refractivity contribution in [2.75, 3.05) is 26.9 Å². The maximum atomic E-state index is 12.7. The third-order valence-corrected chi connectivity index (χ3v) is 5.48. The molecule has 1 amide bonds. The van der Waals surface area contributed by atoms with Gasteiger partial charge in [-0.05, 0) is 55.7 Å². The van der Waals surface area contributed by atoms with Crippen LogP contribution in [0.3, 0.4) is 0 Å². The Morgan fingerprint density at radius 1 is 1.23 bits per heavy atom. The van der Waals surface area contributed by atoms with Crippen molar-refractivity contribution in [3.8, 4) is 11.5 Å². The number of nitrogens with one attached hydrogen (secondary N) is 1. The van der Waals surface area contributed by atoms with Gasteiger partial charge in [-0.25, -0.2) is 15.9 Å². The van der Waals surface area contributed by atoms with Gasteiger partial charge in [0.1, 0.15) is 12.0 Å². The number of oxime groups is 1. The highest BCUT2D eigenvalue weighted by atomic mass is 16.6. The molecule has 0 spiro atoms. The van der Waals surface area contributed by atoms with Gasteiger partial charge in [-0.15, -0.1) is 10.2 Å². The molecule has 1 aliphatic rings. The van der Waals surface area contributed by atoms with Crippen LogP contribution in [0.25, 0.3) is 11.1 Å². The molecule has 0 aliphatic carbocycles. The summed E-state index contributed by atoms with van der Waals surface area (Å²) in [5.74, 6) is 3.13. The number of rotatable bonds is 11. The number of amides is 1. The van der Waals surface area contributed by atoms with Gasteiger partial charge in [0.2, 0.25) is 0 Å². The summed E-state index contributed by atoms with van der Waals surface area (Å²) in [6, 6.07) is 12.5. The maximum Gasteiger partial charge on any atom is 0.283 e. The summed E-state index contributed by atoms with van der Waals surface area (Å²) in [6.45, 7) is 2.67. The normalized spacial score (nSPS) is 13.3. The smallest absolute Gasteiger partial charge is 0.283 e. The summed E-state index contributed by atoms with van der Waals surface area (Å²) in [6.07, 6.45) is 4.28. The van der Waals surface area contributed by atoms with Crippen LogP contribution in [-0.2, 0) is 9.63 Å². The average Bonchev–Trinajstić information content (AvgIpc) is 3.51. The third-order valence-electron chi connectivity index (χ3n) is 5.48. The van der Waals surface area contributed by atoms with Gasteiger partial charge < -0.3 is 19.7 Å². The van der Waals surface area contributed by atoms with E-state index in [1.165, 1.54) is 17.6 Å². The highest BCUT2D eigenvalue weighted by Crippen LogP contribution is 2.29. The number of hydrazone groups is 1. The Bertz CT molecular complexity index is 1410. The number of aromatic nitrogens is 3. The molecule has 0 radical (unpaired) electrons. The van der Waals surface area contributed by atoms with Gasteiger partial charge in [0, 0.05) is 12.1 Å². The van der Waals surface area contributed by atoms with Crippen LogP contribution in [0.1, 0.15) is 36.7 Å². The van der Waals surface area contributed by atoms with Gasteiger partial charge in [0.05, 0.1) is 31.3 Å². The van der Waals surface area contributed by atoms with Crippen LogP contribution in [0.4, 0.5) is 5.69 Å². The molecule has 0 fully saturated rings. The molecule has 200 valence electrons. The Morgan fingerprint density at radius 3 is 2.79 bits per heavy atom. The number of azo groups is 1. The molecule has 2 aromatic carbocycles. The summed E-state index contributed by atoms with van der Waals surface area (Å²) >= 11 is 0. The van der Waals surface area contributed by atoms with Crippen molar-refractivity contribution in [3.63, 3.8) is 0 Å². The Hall–Kier alpha value is -5.16. The Kier molecular flexibility index (Phi) is 9.24. The molecule has 4 rings (SSSR count). The van der Waals surface area contributed by atoms with Crippen molar-refractivity contribution < 1.29 is 19.1 Å². The second kappa shape index (κ2) is 13.4. The molecule has 13 nitrogen and oxygen atoms in total. The van der Waals surface area contributed by atoms with Crippen molar-refractivity contribution in [3.05, 3.63) is 71.2 Å². The largest absolute Gasteiger partial charge is 0.761 e. The number of nitrogens with zero attached hydrogens (tertiary/aromatic N) is 8. The minimum Gasteiger partial charge on any atom is -0.761 e. The van der Waals surface area contributed by atoms with Gasteiger partial charge in [-0.1, -0.05) is 17.3 Å². The van der Waals surface area contributed by atoms with Crippen LogP contribution in [0.2, 0.25) is 0 Å². The number of aromatic amines is 1. The van der Waals surface area contributed by atoms with Crippen molar-refractivity contribution in [1.82, 2.24) is 20.2 Å². The second-order valence-electron chi connectivity index (χ2n) is 8.06. The quantitative estimate of drug-likeness (QED) is 0.225. The lowest BCUT2D eigenvalue weighted by atomic mass is 10.0. The number of hydrogen-bond acceptors (Lipinski definition) is 10. The van der Waals surface area contributed by atoms with Gasteiger partial charge >= 0.3 is 0 Å². The van der Waals surface area contributed by atoms with E-state index in [-0.39, 0.29) is 24.0 Å². The molecular weight excluding hydrogens is 502 g/mol. The highest BCUT2D eigenvalue weighted by molar-refractivity contribution is 6.02. The summed E-state index contributed by atoms with van der Waals surface area (Å²) < 4.78 is 11.0. The maximum absolute atomic E-state index is 12.7. The summed E-state index contributed by atoms with van der Waals surface area (Å²) in [7, 11) is 1.59. The minimum absolute atomic E-state index is 0.0145. The van der Waals surface area contributed by atoms with E-state index in [1.54, 1.807) is 31.4 Å². The SMILES string of the molecule is CCOc1cc(C2=NN(C(=O)CO/N=C/c3ccc(N=NC(=C=[N-])c4ncn[nH]4)cc3)CCC2)ccc1OC. The van der Waals surface area contributed by atoms with Gasteiger partial charge in [0.15, 0.2) is 23.9 Å². The van der Waals surface area contributed by atoms with Crippen LogP contribution in [0, 0.1) is 0 Å². The Balaban J connectivity index is 1.30. The Labute approximate surface area is 224 Å². The van der Waals surface area contributed by atoms with E-state index in [4.69, 9.17) is 14.3 Å². The predicted octanol–water partition coefficient (Wildman–Crippen LogP) is 3.95. The topological polar surface area (TPSA) is 161 Å². The van der Waals surface area contributed by atoms with E-state index < -0.39 is 0 Å². The average molecular weight is 529 g/mol. The fraction of sp³-hybridized carbons (Fsp3) is 0.269. The first-order valence-corrected chi connectivity index (χ1v) is 12.1. The fourth-order valence-corrected chi connectivity index (χ4v) is 3.59. The van der Waals surface area contributed by atoms with E-state index >= 15 is 0 Å². The number of carbonyl (C=O) groups excluding carboxylic acids is 1. The zero-order chi connectivity index (χ0) is 27.5. The first kappa shape index (κ1) is 26.9. The molecule has 0 atom stereocenters. The first-order valence-electron chi connectivity index (χ1n) is 12.1. The predicted molar refractivity (Wildman–Crippen MR) is 144 cm³/mol. The molecule has 1 aliphatic heterocycles. The van der Waals surface area contributed by atoms with Crippen molar-refractivity contribution in [1.29, 1.82) is 0 Å². The van der Waals surface area contributed by atoms with E-state index in [0.29, 0.717) is 30.3 Å². The third kappa shape index (κ3) is 7.21. The molecule has 39 heavy (non-hydrogen) atoms. The van der Waals surface area contributed by atoms with Gasteiger partial charge in [0.25, 0.3) is 5.91 Å². The van der Waals surface area contributed by atoms with Crippen LogP contribution < -0.4 is 9.47 Å². The zero-order valence-corrected chi connectivity index (χ0v) is 21.4. The number of ether oxygens (including phenoxy) is 2. The number of H-pyrrole nitrogens is 1. The number of benzene rings is 2. The molecule has 13 heteroatoms. The lowest BCUT2D eigenvalue weighted by Crippen LogP contribution is -2.34. The van der Waals surface area contributed by atoms with E-state index in [9.17, 15) is 10.2 Å². The molecule has 2 heterocycles. The molecule has 1 aromatic heterocycles. The monoisotopic (exact) mass is 528 g/mol. The zero-order valence-electron chi connectivity index (χ0n) is 21.4. The molecular formula is C26H26N9O4-. The van der Waals surface area contributed by atoms with E-state index in [2.05, 4.69) is 35.7 Å². The van der Waals surface area contributed by atoms with Crippen molar-refractivity contribution in [2.24, 2.45) is 20.5 Å². The molecule has 1 N–H and O–H groups in total. The number of methoxy groups -OCH3 is 1. The molecule has 3 aromatic rings. The number of hydrogen-bond donors (Lipinski definition) is 1. The first-order chi connectivity index (χ1) is 19.1. The van der Waals surface area contributed by atoms with Crippen LogP contribution in [0.5, 0.6) is 11.5 Å². The van der Waals surface area contributed by atoms with E-state index in [0.717, 1.165) is 29.7 Å². The molecule has 0 bridgehead atoms. The summed E-state index contributed by atoms with van der Waals surface area (Å²) in [5.41, 5.74) is 2.93. The van der Waals surface area contributed by atoms with Gasteiger partial charge in [-0.3, -0.25) is 9.89 Å². The lowest BCUT2D eigenvalue weighted by molar-refractivity contribution is -0.136. The van der Waals surface area contributed by atoms with E-state index in [1.807, 2.05) is 31.0 Å².